The van der Waals surface area contributed by atoms with E-state index in [2.05, 4.69) is 46.3 Å². The van der Waals surface area contributed by atoms with Crippen molar-refractivity contribution in [3.05, 3.63) is 36.7 Å². The lowest BCUT2D eigenvalue weighted by Crippen LogP contribution is -2.30. The van der Waals surface area contributed by atoms with Gasteiger partial charge in [-0.2, -0.15) is 14.6 Å². The van der Waals surface area contributed by atoms with Gasteiger partial charge in [0.2, 0.25) is 0 Å². The summed E-state index contributed by atoms with van der Waals surface area (Å²) in [6.45, 7) is 3.05. The summed E-state index contributed by atoms with van der Waals surface area (Å²) in [6, 6.07) is 10.1. The molecule has 0 aliphatic carbocycles. The van der Waals surface area contributed by atoms with Crippen LogP contribution in [0.5, 0.6) is 5.75 Å². The number of anilines is 1. The molecule has 0 aliphatic heterocycles. The maximum atomic E-state index is 5.21. The fraction of sp³-hybridized carbons (Fsp3) is 0.353. The van der Waals surface area contributed by atoms with Gasteiger partial charge in [0, 0.05) is 24.2 Å². The van der Waals surface area contributed by atoms with Crippen LogP contribution in [0, 0.1) is 0 Å². The minimum atomic E-state index is 0.263. The smallest absolute Gasteiger partial charge is 0.254 e. The standard InChI is InChI=1S/C17H22N6O/c1-12(10-22(2)3)20-16-9-15(21-17-18-11-19-23(16)17)13-5-7-14(24-4)8-6-13/h5-9,11-12,20H,10H2,1-4H3/t12-/m1/s1. The molecule has 0 saturated carbocycles. The maximum Gasteiger partial charge on any atom is 0.254 e. The van der Waals surface area contributed by atoms with Gasteiger partial charge in [-0.05, 0) is 45.3 Å². The van der Waals surface area contributed by atoms with Crippen molar-refractivity contribution in [2.45, 2.75) is 13.0 Å². The van der Waals surface area contributed by atoms with E-state index in [1.54, 1.807) is 11.6 Å². The second-order valence-corrected chi connectivity index (χ2v) is 6.03. The third-order valence-electron chi connectivity index (χ3n) is 3.67. The van der Waals surface area contributed by atoms with Crippen LogP contribution in [0.2, 0.25) is 0 Å². The topological polar surface area (TPSA) is 67.6 Å². The Kier molecular flexibility index (Phi) is 4.61. The summed E-state index contributed by atoms with van der Waals surface area (Å²) < 4.78 is 6.93. The molecule has 24 heavy (non-hydrogen) atoms. The average molecular weight is 326 g/mol. The Hall–Kier alpha value is -2.67. The van der Waals surface area contributed by atoms with Crippen molar-refractivity contribution in [2.75, 3.05) is 33.1 Å². The highest BCUT2D eigenvalue weighted by molar-refractivity contribution is 5.66. The van der Waals surface area contributed by atoms with Gasteiger partial charge in [0.05, 0.1) is 12.8 Å². The average Bonchev–Trinajstić information content (AvgIpc) is 3.03. The van der Waals surface area contributed by atoms with E-state index in [-0.39, 0.29) is 6.04 Å². The molecular formula is C17H22N6O. The van der Waals surface area contributed by atoms with Crippen molar-refractivity contribution in [3.63, 3.8) is 0 Å². The second-order valence-electron chi connectivity index (χ2n) is 6.03. The summed E-state index contributed by atoms with van der Waals surface area (Å²) in [5, 5.41) is 7.75. The van der Waals surface area contributed by atoms with Crippen LogP contribution in [0.4, 0.5) is 5.82 Å². The van der Waals surface area contributed by atoms with Crippen LogP contribution in [0.3, 0.4) is 0 Å². The van der Waals surface area contributed by atoms with Crippen LogP contribution in [-0.4, -0.2) is 58.3 Å². The summed E-state index contributed by atoms with van der Waals surface area (Å²) >= 11 is 0. The first kappa shape index (κ1) is 16.2. The summed E-state index contributed by atoms with van der Waals surface area (Å²) in [6.07, 6.45) is 1.52. The minimum Gasteiger partial charge on any atom is -0.497 e. The fourth-order valence-electron chi connectivity index (χ4n) is 2.67. The number of rotatable bonds is 6. The van der Waals surface area contributed by atoms with Gasteiger partial charge in [-0.1, -0.05) is 0 Å². The number of fused-ring (bicyclic) bond motifs is 1. The van der Waals surface area contributed by atoms with E-state index in [9.17, 15) is 0 Å². The Labute approximate surface area is 141 Å². The molecule has 1 N–H and O–H groups in total. The summed E-state index contributed by atoms with van der Waals surface area (Å²) in [4.78, 5) is 11.0. The van der Waals surface area contributed by atoms with Crippen molar-refractivity contribution >= 4 is 11.6 Å². The molecule has 0 saturated heterocycles. The Balaban J connectivity index is 1.97. The van der Waals surface area contributed by atoms with Crippen LogP contribution in [0.25, 0.3) is 17.0 Å². The molecule has 7 heteroatoms. The van der Waals surface area contributed by atoms with Crippen molar-refractivity contribution in [1.29, 1.82) is 0 Å². The van der Waals surface area contributed by atoms with Crippen LogP contribution >= 0.6 is 0 Å². The number of aromatic nitrogens is 4. The normalized spacial score (nSPS) is 12.5. The lowest BCUT2D eigenvalue weighted by molar-refractivity contribution is 0.391. The SMILES string of the molecule is COc1ccc(-c2cc(N[C@H](C)CN(C)C)n3ncnc3n2)cc1. The van der Waals surface area contributed by atoms with E-state index >= 15 is 0 Å². The third kappa shape index (κ3) is 3.46. The largest absolute Gasteiger partial charge is 0.497 e. The molecule has 126 valence electrons. The number of hydrogen-bond acceptors (Lipinski definition) is 6. The van der Waals surface area contributed by atoms with E-state index < -0.39 is 0 Å². The molecule has 0 spiro atoms. The summed E-state index contributed by atoms with van der Waals surface area (Å²) in [5.41, 5.74) is 1.85. The molecule has 0 unspecified atom stereocenters. The first-order valence-electron chi connectivity index (χ1n) is 7.83. The zero-order chi connectivity index (χ0) is 17.1. The van der Waals surface area contributed by atoms with E-state index in [0.717, 1.165) is 29.4 Å². The number of hydrogen-bond donors (Lipinski definition) is 1. The molecule has 3 rings (SSSR count). The van der Waals surface area contributed by atoms with Gasteiger partial charge in [-0.3, -0.25) is 0 Å². The highest BCUT2D eigenvalue weighted by Gasteiger charge is 2.12. The highest BCUT2D eigenvalue weighted by Crippen LogP contribution is 2.24. The molecule has 3 aromatic rings. The van der Waals surface area contributed by atoms with Crippen molar-refractivity contribution in [2.24, 2.45) is 0 Å². The van der Waals surface area contributed by atoms with Gasteiger partial charge in [0.25, 0.3) is 5.78 Å². The monoisotopic (exact) mass is 326 g/mol. The number of likely N-dealkylation sites (N-methyl/N-ethyl adjacent to an activating group) is 1. The molecule has 0 aliphatic rings. The van der Waals surface area contributed by atoms with E-state index in [1.165, 1.54) is 6.33 Å². The fourth-order valence-corrected chi connectivity index (χ4v) is 2.67. The number of ether oxygens (including phenoxy) is 1. The van der Waals surface area contributed by atoms with Crippen molar-refractivity contribution in [3.8, 4) is 17.0 Å². The summed E-state index contributed by atoms with van der Waals surface area (Å²) in [5.74, 6) is 2.26. The minimum absolute atomic E-state index is 0.263. The number of methoxy groups -OCH3 is 1. The maximum absolute atomic E-state index is 5.21. The lowest BCUT2D eigenvalue weighted by atomic mass is 10.1. The quantitative estimate of drug-likeness (QED) is 0.749. The molecule has 2 heterocycles. The van der Waals surface area contributed by atoms with E-state index in [4.69, 9.17) is 4.74 Å². The summed E-state index contributed by atoms with van der Waals surface area (Å²) in [7, 11) is 5.76. The number of benzene rings is 1. The van der Waals surface area contributed by atoms with Crippen LogP contribution < -0.4 is 10.1 Å². The Morgan fingerprint density at radius 1 is 1.25 bits per heavy atom. The molecule has 0 fully saturated rings. The molecule has 1 aromatic carbocycles. The molecule has 1 atom stereocenters. The Morgan fingerprint density at radius 2 is 2.00 bits per heavy atom. The van der Waals surface area contributed by atoms with Gasteiger partial charge in [0.1, 0.15) is 17.9 Å². The molecule has 0 radical (unpaired) electrons. The van der Waals surface area contributed by atoms with Crippen LogP contribution in [0.15, 0.2) is 36.7 Å². The van der Waals surface area contributed by atoms with Crippen molar-refractivity contribution < 1.29 is 4.74 Å². The zero-order valence-electron chi connectivity index (χ0n) is 14.4. The molecule has 2 aromatic heterocycles. The predicted octanol–water partition coefficient (Wildman–Crippen LogP) is 2.16. The second kappa shape index (κ2) is 6.84. The first-order valence-corrected chi connectivity index (χ1v) is 7.83. The zero-order valence-corrected chi connectivity index (χ0v) is 14.4. The predicted molar refractivity (Wildman–Crippen MR) is 94.4 cm³/mol. The first-order chi connectivity index (χ1) is 11.6. The van der Waals surface area contributed by atoms with Gasteiger partial charge >= 0.3 is 0 Å². The lowest BCUT2D eigenvalue weighted by Gasteiger charge is -2.20. The molecule has 7 nitrogen and oxygen atoms in total. The van der Waals surface area contributed by atoms with Gasteiger partial charge < -0.3 is 15.0 Å². The molecular weight excluding hydrogens is 304 g/mol. The highest BCUT2D eigenvalue weighted by atomic mass is 16.5. The van der Waals surface area contributed by atoms with E-state index in [0.29, 0.717) is 5.78 Å². The van der Waals surface area contributed by atoms with Gasteiger partial charge in [0.15, 0.2) is 0 Å². The van der Waals surface area contributed by atoms with E-state index in [1.807, 2.05) is 30.3 Å². The molecule has 0 amide bonds. The Bertz CT molecular complexity index is 812. The third-order valence-corrected chi connectivity index (χ3v) is 3.67. The van der Waals surface area contributed by atoms with Crippen molar-refractivity contribution in [1.82, 2.24) is 24.5 Å². The molecule has 0 bridgehead atoms. The van der Waals surface area contributed by atoms with Crippen LogP contribution in [-0.2, 0) is 0 Å². The number of nitrogens with one attached hydrogen (secondary N) is 1. The van der Waals surface area contributed by atoms with Gasteiger partial charge in [-0.15, -0.1) is 0 Å². The van der Waals surface area contributed by atoms with Crippen LogP contribution in [0.1, 0.15) is 6.92 Å². The Morgan fingerprint density at radius 3 is 2.67 bits per heavy atom. The van der Waals surface area contributed by atoms with Gasteiger partial charge in [-0.25, -0.2) is 4.98 Å². The number of nitrogens with zero attached hydrogens (tertiary/aromatic N) is 5.